The molecule has 0 aliphatic carbocycles. The monoisotopic (exact) mass is 401 g/mol. The van der Waals surface area contributed by atoms with Crippen molar-refractivity contribution in [3.8, 4) is 0 Å². The molecule has 30 heavy (non-hydrogen) atoms. The highest BCUT2D eigenvalue weighted by atomic mass is 16.6. The molecule has 0 fully saturated rings. The van der Waals surface area contributed by atoms with Crippen molar-refractivity contribution in [1.29, 1.82) is 0 Å². The fourth-order valence-corrected chi connectivity index (χ4v) is 3.56. The molecule has 0 N–H and O–H groups in total. The van der Waals surface area contributed by atoms with E-state index in [1.807, 2.05) is 54.6 Å². The van der Waals surface area contributed by atoms with Crippen LogP contribution < -0.4 is 4.90 Å². The van der Waals surface area contributed by atoms with Gasteiger partial charge in [0.25, 0.3) is 5.69 Å². The van der Waals surface area contributed by atoms with Gasteiger partial charge in [0.1, 0.15) is 0 Å². The second-order valence-electron chi connectivity index (χ2n) is 7.13. The Balaban J connectivity index is 1.75. The van der Waals surface area contributed by atoms with Crippen molar-refractivity contribution in [2.24, 2.45) is 4.99 Å². The molecule has 152 valence electrons. The molecule has 0 bridgehead atoms. The lowest BCUT2D eigenvalue weighted by atomic mass is 10.0. The number of nitro benzene ring substituents is 1. The summed E-state index contributed by atoms with van der Waals surface area (Å²) >= 11 is 0. The van der Waals surface area contributed by atoms with E-state index in [2.05, 4.69) is 11.8 Å². The van der Waals surface area contributed by atoms with Gasteiger partial charge in [0.15, 0.2) is 6.23 Å². The molecule has 0 radical (unpaired) electrons. The molecule has 1 aliphatic heterocycles. The number of hydrogen-bond donors (Lipinski definition) is 0. The number of fused-ring (bicyclic) bond motifs is 1. The number of nitro groups is 1. The van der Waals surface area contributed by atoms with Gasteiger partial charge in [0, 0.05) is 30.8 Å². The predicted molar refractivity (Wildman–Crippen MR) is 118 cm³/mol. The zero-order valence-electron chi connectivity index (χ0n) is 16.8. The summed E-state index contributed by atoms with van der Waals surface area (Å²) in [6, 6.07) is 24.7. The SMILES string of the molecule is CCCOC1C(c2ccccc2)=Nc2ccccc2N1Cc1ccc([N+](=O)[O-])cc1. The van der Waals surface area contributed by atoms with Crippen molar-refractivity contribution in [2.45, 2.75) is 26.1 Å². The fraction of sp³-hybridized carbons (Fsp3) is 0.208. The quantitative estimate of drug-likeness (QED) is 0.388. The molecule has 6 heteroatoms. The summed E-state index contributed by atoms with van der Waals surface area (Å²) in [7, 11) is 0. The Morgan fingerprint density at radius 3 is 2.40 bits per heavy atom. The van der Waals surface area contributed by atoms with E-state index in [-0.39, 0.29) is 16.8 Å². The number of non-ortho nitro benzene ring substituents is 1. The average molecular weight is 401 g/mol. The lowest BCUT2D eigenvalue weighted by Gasteiger charge is -2.38. The minimum Gasteiger partial charge on any atom is -0.352 e. The van der Waals surface area contributed by atoms with Gasteiger partial charge in [-0.25, -0.2) is 4.99 Å². The lowest BCUT2D eigenvalue weighted by Crippen LogP contribution is -2.45. The number of nitrogens with zero attached hydrogens (tertiary/aromatic N) is 3. The van der Waals surface area contributed by atoms with Crippen LogP contribution in [0.3, 0.4) is 0 Å². The van der Waals surface area contributed by atoms with Gasteiger partial charge in [0.2, 0.25) is 0 Å². The maximum absolute atomic E-state index is 11.0. The van der Waals surface area contributed by atoms with Crippen LogP contribution in [0.1, 0.15) is 24.5 Å². The van der Waals surface area contributed by atoms with Gasteiger partial charge in [-0.15, -0.1) is 0 Å². The molecule has 3 aromatic rings. The zero-order chi connectivity index (χ0) is 20.9. The Kier molecular flexibility index (Phi) is 5.86. The van der Waals surface area contributed by atoms with Gasteiger partial charge in [0.05, 0.1) is 22.0 Å². The van der Waals surface area contributed by atoms with Crippen molar-refractivity contribution in [2.75, 3.05) is 11.5 Å². The Hall–Kier alpha value is -3.51. The highest BCUT2D eigenvalue weighted by molar-refractivity contribution is 6.09. The number of rotatable bonds is 7. The summed E-state index contributed by atoms with van der Waals surface area (Å²) in [4.78, 5) is 17.7. The van der Waals surface area contributed by atoms with E-state index < -0.39 is 0 Å². The Morgan fingerprint density at radius 1 is 1.00 bits per heavy atom. The molecule has 0 spiro atoms. The zero-order valence-corrected chi connectivity index (χ0v) is 16.8. The van der Waals surface area contributed by atoms with Crippen LogP contribution >= 0.6 is 0 Å². The van der Waals surface area contributed by atoms with Crippen LogP contribution in [0.15, 0.2) is 83.9 Å². The van der Waals surface area contributed by atoms with Crippen LogP contribution in [0.4, 0.5) is 17.1 Å². The fourth-order valence-electron chi connectivity index (χ4n) is 3.56. The normalized spacial score (nSPS) is 15.4. The molecular weight excluding hydrogens is 378 g/mol. The highest BCUT2D eigenvalue weighted by Crippen LogP contribution is 2.37. The predicted octanol–water partition coefficient (Wildman–Crippen LogP) is 5.49. The molecule has 0 saturated heterocycles. The smallest absolute Gasteiger partial charge is 0.269 e. The van der Waals surface area contributed by atoms with E-state index in [0.29, 0.717) is 13.2 Å². The third-order valence-corrected chi connectivity index (χ3v) is 5.00. The van der Waals surface area contributed by atoms with Crippen LogP contribution in [0.25, 0.3) is 0 Å². The highest BCUT2D eigenvalue weighted by Gasteiger charge is 2.31. The van der Waals surface area contributed by atoms with E-state index in [9.17, 15) is 10.1 Å². The summed E-state index contributed by atoms with van der Waals surface area (Å²) in [6.07, 6.45) is 0.545. The molecule has 4 rings (SSSR count). The standard InChI is InChI=1S/C24H23N3O3/c1-2-16-30-24-23(19-8-4-3-5-9-19)25-21-10-6-7-11-22(21)26(24)17-18-12-14-20(15-13-18)27(28)29/h3-15,24H,2,16-17H2,1H3. The molecule has 3 aromatic carbocycles. The number of hydrogen-bond acceptors (Lipinski definition) is 5. The first-order chi connectivity index (χ1) is 14.7. The summed E-state index contributed by atoms with van der Waals surface area (Å²) in [5.74, 6) is 0. The van der Waals surface area contributed by atoms with Crippen molar-refractivity contribution in [3.63, 3.8) is 0 Å². The minimum absolute atomic E-state index is 0.0862. The third kappa shape index (κ3) is 4.09. The molecule has 0 saturated carbocycles. The lowest BCUT2D eigenvalue weighted by molar-refractivity contribution is -0.384. The van der Waals surface area contributed by atoms with Gasteiger partial charge in [-0.2, -0.15) is 0 Å². The van der Waals surface area contributed by atoms with Crippen molar-refractivity contribution >= 4 is 22.8 Å². The van der Waals surface area contributed by atoms with Crippen molar-refractivity contribution < 1.29 is 9.66 Å². The number of anilines is 1. The van der Waals surface area contributed by atoms with E-state index >= 15 is 0 Å². The van der Waals surface area contributed by atoms with Gasteiger partial charge < -0.3 is 9.64 Å². The Labute approximate surface area is 175 Å². The first kappa shape index (κ1) is 19.8. The van der Waals surface area contributed by atoms with E-state index in [0.717, 1.165) is 34.6 Å². The molecule has 6 nitrogen and oxygen atoms in total. The summed E-state index contributed by atoms with van der Waals surface area (Å²) in [5.41, 5.74) is 4.80. The maximum Gasteiger partial charge on any atom is 0.269 e. The van der Waals surface area contributed by atoms with E-state index in [4.69, 9.17) is 9.73 Å². The number of aliphatic imine (C=N–C) groups is 1. The summed E-state index contributed by atoms with van der Waals surface area (Å²) in [6.45, 7) is 3.24. The first-order valence-corrected chi connectivity index (χ1v) is 10.0. The summed E-state index contributed by atoms with van der Waals surface area (Å²) in [5, 5.41) is 11.0. The van der Waals surface area contributed by atoms with Crippen LogP contribution in [-0.4, -0.2) is 23.5 Å². The molecule has 1 atom stereocenters. The Morgan fingerprint density at radius 2 is 1.70 bits per heavy atom. The Bertz CT molecular complexity index is 1050. The molecule has 1 aliphatic rings. The third-order valence-electron chi connectivity index (χ3n) is 5.00. The van der Waals surface area contributed by atoms with Gasteiger partial charge in [-0.3, -0.25) is 10.1 Å². The molecule has 1 unspecified atom stereocenters. The van der Waals surface area contributed by atoms with Gasteiger partial charge in [-0.05, 0) is 24.1 Å². The minimum atomic E-state index is -0.382. The van der Waals surface area contributed by atoms with Crippen molar-refractivity contribution in [3.05, 3.63) is 100 Å². The summed E-state index contributed by atoms with van der Waals surface area (Å²) < 4.78 is 6.29. The number of ether oxygens (including phenoxy) is 1. The topological polar surface area (TPSA) is 68.0 Å². The molecule has 0 amide bonds. The van der Waals surface area contributed by atoms with Crippen LogP contribution in [0.2, 0.25) is 0 Å². The van der Waals surface area contributed by atoms with Crippen LogP contribution in [-0.2, 0) is 11.3 Å². The van der Waals surface area contributed by atoms with Crippen LogP contribution in [0, 0.1) is 10.1 Å². The van der Waals surface area contributed by atoms with E-state index in [1.54, 1.807) is 24.3 Å². The van der Waals surface area contributed by atoms with Crippen LogP contribution in [0.5, 0.6) is 0 Å². The first-order valence-electron chi connectivity index (χ1n) is 10.0. The van der Waals surface area contributed by atoms with Gasteiger partial charge >= 0.3 is 0 Å². The largest absolute Gasteiger partial charge is 0.352 e. The molecular formula is C24H23N3O3. The second-order valence-corrected chi connectivity index (χ2v) is 7.13. The van der Waals surface area contributed by atoms with Crippen molar-refractivity contribution in [1.82, 2.24) is 0 Å². The number of para-hydroxylation sites is 2. The number of benzene rings is 3. The molecule has 1 heterocycles. The maximum atomic E-state index is 11.0. The molecule has 0 aromatic heterocycles. The van der Waals surface area contributed by atoms with Gasteiger partial charge in [-0.1, -0.05) is 61.5 Å². The second kappa shape index (κ2) is 8.88. The average Bonchev–Trinajstić information content (AvgIpc) is 2.79. The van der Waals surface area contributed by atoms with E-state index in [1.165, 1.54) is 0 Å².